The number of ether oxygens (including phenoxy) is 1. The first-order valence-corrected chi connectivity index (χ1v) is 10.9. The van der Waals surface area contributed by atoms with Crippen LogP contribution >= 0.6 is 11.6 Å². The Bertz CT molecular complexity index is 1130. The number of primary amides is 1. The summed E-state index contributed by atoms with van der Waals surface area (Å²) in [4.78, 5) is 36.1. The standard InChI is InChI=1S/C25H25ClN4O4/c1-16-2-6-18(7-3-16)22(28-25(27)33)14-23(31)29-30-24(32)19-8-4-17(5-9-19)15-34-21-12-10-20(26)11-13-21/h2-13,22H,14-15H2,1H3,(H,29,31)(H,30,32)(H3,27,28,33). The second-order valence-corrected chi connectivity index (χ2v) is 8.05. The van der Waals surface area contributed by atoms with E-state index in [4.69, 9.17) is 22.1 Å². The largest absolute Gasteiger partial charge is 0.489 e. The quantitative estimate of drug-likeness (QED) is 0.366. The van der Waals surface area contributed by atoms with Gasteiger partial charge in [-0.25, -0.2) is 4.79 Å². The lowest BCUT2D eigenvalue weighted by molar-refractivity contribution is -0.122. The third kappa shape index (κ3) is 7.53. The molecule has 0 heterocycles. The molecule has 0 aliphatic heterocycles. The monoisotopic (exact) mass is 480 g/mol. The molecule has 3 aromatic carbocycles. The molecule has 1 atom stereocenters. The molecule has 9 heteroatoms. The van der Waals surface area contributed by atoms with Gasteiger partial charge in [0.15, 0.2) is 0 Å². The van der Waals surface area contributed by atoms with Crippen molar-refractivity contribution < 1.29 is 19.1 Å². The van der Waals surface area contributed by atoms with Gasteiger partial charge in [-0.15, -0.1) is 0 Å². The highest BCUT2D eigenvalue weighted by Crippen LogP contribution is 2.18. The second-order valence-electron chi connectivity index (χ2n) is 7.62. The average Bonchev–Trinajstić information content (AvgIpc) is 2.82. The van der Waals surface area contributed by atoms with Crippen LogP contribution in [0.25, 0.3) is 0 Å². The molecule has 5 N–H and O–H groups in total. The number of nitrogens with two attached hydrogens (primary N) is 1. The number of amides is 4. The van der Waals surface area contributed by atoms with Gasteiger partial charge >= 0.3 is 6.03 Å². The van der Waals surface area contributed by atoms with Crippen molar-refractivity contribution in [2.75, 3.05) is 0 Å². The number of hydrogen-bond acceptors (Lipinski definition) is 4. The van der Waals surface area contributed by atoms with E-state index in [-0.39, 0.29) is 6.42 Å². The van der Waals surface area contributed by atoms with Crippen molar-refractivity contribution in [3.8, 4) is 5.75 Å². The fourth-order valence-electron chi connectivity index (χ4n) is 3.11. The smallest absolute Gasteiger partial charge is 0.312 e. The number of benzene rings is 3. The molecule has 0 saturated carbocycles. The molecular formula is C25H25ClN4O4. The molecule has 0 aliphatic rings. The van der Waals surface area contributed by atoms with Crippen LogP contribution in [0.1, 0.15) is 39.5 Å². The zero-order valence-corrected chi connectivity index (χ0v) is 19.3. The van der Waals surface area contributed by atoms with Gasteiger partial charge in [0, 0.05) is 10.6 Å². The number of hydrazine groups is 1. The van der Waals surface area contributed by atoms with Crippen molar-refractivity contribution in [1.82, 2.24) is 16.2 Å². The third-order valence-electron chi connectivity index (χ3n) is 4.94. The molecule has 0 spiro atoms. The highest BCUT2D eigenvalue weighted by molar-refractivity contribution is 6.30. The predicted molar refractivity (Wildman–Crippen MR) is 129 cm³/mol. The maximum atomic E-state index is 12.4. The van der Waals surface area contributed by atoms with Gasteiger partial charge in [0.1, 0.15) is 12.4 Å². The molecule has 0 aromatic heterocycles. The van der Waals surface area contributed by atoms with Crippen LogP contribution in [-0.4, -0.2) is 17.8 Å². The Kier molecular flexibility index (Phi) is 8.48. The first-order chi connectivity index (χ1) is 16.3. The van der Waals surface area contributed by atoms with Crippen molar-refractivity contribution in [2.45, 2.75) is 26.0 Å². The molecule has 1 unspecified atom stereocenters. The second kappa shape index (κ2) is 11.7. The average molecular weight is 481 g/mol. The van der Waals surface area contributed by atoms with Gasteiger partial charge in [0.2, 0.25) is 5.91 Å². The fourth-order valence-corrected chi connectivity index (χ4v) is 3.23. The van der Waals surface area contributed by atoms with E-state index in [2.05, 4.69) is 16.2 Å². The third-order valence-corrected chi connectivity index (χ3v) is 5.19. The normalized spacial score (nSPS) is 11.2. The van der Waals surface area contributed by atoms with Crippen molar-refractivity contribution in [2.24, 2.45) is 5.73 Å². The fraction of sp³-hybridized carbons (Fsp3) is 0.160. The first kappa shape index (κ1) is 24.6. The predicted octanol–water partition coefficient (Wildman–Crippen LogP) is 3.79. The number of carbonyl (C=O) groups excluding carboxylic acids is 3. The van der Waals surface area contributed by atoms with Crippen LogP contribution in [0.2, 0.25) is 5.02 Å². The van der Waals surface area contributed by atoms with Gasteiger partial charge in [0.25, 0.3) is 5.91 Å². The van der Waals surface area contributed by atoms with E-state index in [1.807, 2.05) is 19.1 Å². The minimum atomic E-state index is -0.748. The lowest BCUT2D eigenvalue weighted by Crippen LogP contribution is -2.44. The summed E-state index contributed by atoms with van der Waals surface area (Å²) in [6.45, 7) is 2.26. The summed E-state index contributed by atoms with van der Waals surface area (Å²) in [5, 5.41) is 3.17. The van der Waals surface area contributed by atoms with Crippen LogP contribution in [0.4, 0.5) is 4.79 Å². The van der Waals surface area contributed by atoms with E-state index >= 15 is 0 Å². The Balaban J connectivity index is 1.50. The van der Waals surface area contributed by atoms with E-state index in [9.17, 15) is 14.4 Å². The van der Waals surface area contributed by atoms with Gasteiger partial charge in [-0.05, 0) is 54.4 Å². The van der Waals surface area contributed by atoms with Gasteiger partial charge in [-0.1, -0.05) is 53.6 Å². The zero-order valence-electron chi connectivity index (χ0n) is 18.5. The molecule has 34 heavy (non-hydrogen) atoms. The molecule has 3 aromatic rings. The zero-order chi connectivity index (χ0) is 24.5. The Morgan fingerprint density at radius 3 is 2.18 bits per heavy atom. The van der Waals surface area contributed by atoms with E-state index in [0.29, 0.717) is 22.9 Å². The Hall–Kier alpha value is -4.04. The van der Waals surface area contributed by atoms with E-state index < -0.39 is 23.9 Å². The van der Waals surface area contributed by atoms with Gasteiger partial charge in [0.05, 0.1) is 12.5 Å². The van der Waals surface area contributed by atoms with Crippen LogP contribution in [-0.2, 0) is 11.4 Å². The highest BCUT2D eigenvalue weighted by Gasteiger charge is 2.18. The lowest BCUT2D eigenvalue weighted by atomic mass is 10.0. The number of halogens is 1. The molecule has 0 bridgehead atoms. The number of hydrogen-bond donors (Lipinski definition) is 4. The lowest BCUT2D eigenvalue weighted by Gasteiger charge is -2.18. The van der Waals surface area contributed by atoms with Crippen molar-refractivity contribution in [3.05, 3.63) is 100 Å². The number of nitrogens with one attached hydrogen (secondary N) is 3. The van der Waals surface area contributed by atoms with Crippen LogP contribution in [0, 0.1) is 6.92 Å². The van der Waals surface area contributed by atoms with Crippen LogP contribution < -0.4 is 26.6 Å². The molecule has 4 amide bonds. The number of urea groups is 1. The summed E-state index contributed by atoms with van der Waals surface area (Å²) < 4.78 is 5.68. The van der Waals surface area contributed by atoms with Crippen molar-refractivity contribution >= 4 is 29.4 Å². The summed E-state index contributed by atoms with van der Waals surface area (Å²) in [5.74, 6) is -0.280. The van der Waals surface area contributed by atoms with Crippen LogP contribution in [0.15, 0.2) is 72.8 Å². The topological polar surface area (TPSA) is 123 Å². The molecule has 8 nitrogen and oxygen atoms in total. The van der Waals surface area contributed by atoms with Gasteiger partial charge < -0.3 is 15.8 Å². The van der Waals surface area contributed by atoms with Crippen LogP contribution in [0.3, 0.4) is 0 Å². The minimum absolute atomic E-state index is 0.104. The Morgan fingerprint density at radius 2 is 1.56 bits per heavy atom. The summed E-state index contributed by atoms with van der Waals surface area (Å²) in [7, 11) is 0. The Labute approximate surface area is 202 Å². The maximum Gasteiger partial charge on any atom is 0.312 e. The van der Waals surface area contributed by atoms with Gasteiger partial charge in [-0.3, -0.25) is 20.4 Å². The number of aryl methyl sites for hydroxylation is 1. The maximum absolute atomic E-state index is 12.4. The molecule has 0 radical (unpaired) electrons. The minimum Gasteiger partial charge on any atom is -0.489 e. The van der Waals surface area contributed by atoms with Crippen LogP contribution in [0.5, 0.6) is 5.75 Å². The van der Waals surface area contributed by atoms with Gasteiger partial charge in [-0.2, -0.15) is 0 Å². The Morgan fingerprint density at radius 1 is 0.912 bits per heavy atom. The molecule has 0 saturated heterocycles. The summed E-state index contributed by atoms with van der Waals surface area (Å²) in [6.07, 6.45) is -0.104. The van der Waals surface area contributed by atoms with Crippen molar-refractivity contribution in [3.63, 3.8) is 0 Å². The highest BCUT2D eigenvalue weighted by atomic mass is 35.5. The number of rotatable bonds is 8. The summed E-state index contributed by atoms with van der Waals surface area (Å²) in [5.41, 5.74) is 13.0. The van der Waals surface area contributed by atoms with E-state index in [0.717, 1.165) is 16.7 Å². The number of carbonyl (C=O) groups is 3. The SMILES string of the molecule is Cc1ccc(C(CC(=O)NNC(=O)c2ccc(COc3ccc(Cl)cc3)cc2)NC(N)=O)cc1. The van der Waals surface area contributed by atoms with E-state index in [1.54, 1.807) is 60.7 Å². The molecule has 3 rings (SSSR count). The molecule has 176 valence electrons. The summed E-state index contributed by atoms with van der Waals surface area (Å²) >= 11 is 5.86. The first-order valence-electron chi connectivity index (χ1n) is 10.5. The van der Waals surface area contributed by atoms with Crippen molar-refractivity contribution in [1.29, 1.82) is 0 Å². The molecule has 0 aliphatic carbocycles. The van der Waals surface area contributed by atoms with E-state index in [1.165, 1.54) is 0 Å². The summed E-state index contributed by atoms with van der Waals surface area (Å²) in [6, 6.07) is 19.8. The molecule has 0 fully saturated rings. The molecular weight excluding hydrogens is 456 g/mol.